The van der Waals surface area contributed by atoms with Crippen molar-refractivity contribution in [1.82, 2.24) is 10.6 Å². The molecule has 2 fully saturated rings. The topological polar surface area (TPSA) is 62.7 Å². The summed E-state index contributed by atoms with van der Waals surface area (Å²) in [7, 11) is 1.10. The van der Waals surface area contributed by atoms with Gasteiger partial charge >= 0.3 is 0 Å². The third-order valence-corrected chi connectivity index (χ3v) is 8.27. The minimum atomic E-state index is -0.695. The van der Waals surface area contributed by atoms with Crippen molar-refractivity contribution in [1.29, 1.82) is 0 Å². The standard InChI is InChI=1S/C19H37N3O2S.HI/c1-7-20-17(22-16-13-19(5,24-6)18(16,3)4)21-14-10-9-11-15(12-14)25(23)8-2;/h14-16H,7-13H2,1-6H3,(H2,20,21,22);1H. The molecule has 0 aromatic heterocycles. The number of rotatable bonds is 6. The molecular formula is C19H38IN3O2S. The van der Waals surface area contributed by atoms with Gasteiger partial charge in [0.2, 0.25) is 0 Å². The van der Waals surface area contributed by atoms with Crippen LogP contribution in [0.5, 0.6) is 0 Å². The largest absolute Gasteiger partial charge is 0.378 e. The van der Waals surface area contributed by atoms with Crippen LogP contribution in [0.15, 0.2) is 4.99 Å². The van der Waals surface area contributed by atoms with Gasteiger partial charge in [-0.05, 0) is 39.5 Å². The molecule has 5 nitrogen and oxygen atoms in total. The minimum Gasteiger partial charge on any atom is -0.378 e. The fourth-order valence-corrected chi connectivity index (χ4v) is 5.47. The van der Waals surface area contributed by atoms with Crippen LogP contribution in [-0.4, -0.2) is 52.5 Å². The van der Waals surface area contributed by atoms with Crippen LogP contribution >= 0.6 is 24.0 Å². The van der Waals surface area contributed by atoms with Crippen molar-refractivity contribution in [3.8, 4) is 0 Å². The first-order chi connectivity index (χ1) is 11.8. The second-order valence-electron chi connectivity index (χ2n) is 8.18. The lowest BCUT2D eigenvalue weighted by Crippen LogP contribution is -2.69. The summed E-state index contributed by atoms with van der Waals surface area (Å²) < 4.78 is 17.9. The maximum Gasteiger partial charge on any atom is 0.191 e. The average molecular weight is 500 g/mol. The summed E-state index contributed by atoms with van der Waals surface area (Å²) in [4.78, 5) is 4.65. The zero-order chi connectivity index (χ0) is 18.7. The molecule has 2 N–H and O–H groups in total. The molecule has 2 aliphatic rings. The number of nitrogens with zero attached hydrogens (tertiary/aromatic N) is 1. The van der Waals surface area contributed by atoms with Crippen LogP contribution in [0.3, 0.4) is 0 Å². The summed E-state index contributed by atoms with van der Waals surface area (Å²) >= 11 is 0. The number of hydrogen-bond acceptors (Lipinski definition) is 3. The third-order valence-electron chi connectivity index (χ3n) is 6.53. The Hall–Kier alpha value is 0.110. The monoisotopic (exact) mass is 499 g/mol. The van der Waals surface area contributed by atoms with Gasteiger partial charge in [0.05, 0.1) is 5.60 Å². The Morgan fingerprint density at radius 1 is 1.23 bits per heavy atom. The number of methoxy groups -OCH3 is 1. The summed E-state index contributed by atoms with van der Waals surface area (Å²) in [5.41, 5.74) is -0.0350. The highest BCUT2D eigenvalue weighted by Gasteiger charge is 2.58. The molecule has 0 aromatic carbocycles. The highest BCUT2D eigenvalue weighted by Crippen LogP contribution is 2.51. The van der Waals surface area contributed by atoms with E-state index in [0.29, 0.717) is 17.3 Å². The molecular weight excluding hydrogens is 461 g/mol. The molecule has 0 amide bonds. The maximum absolute atomic E-state index is 12.2. The lowest BCUT2D eigenvalue weighted by molar-refractivity contribution is -0.176. The van der Waals surface area contributed by atoms with Gasteiger partial charge in [0.25, 0.3) is 0 Å². The van der Waals surface area contributed by atoms with Crippen LogP contribution in [-0.2, 0) is 15.5 Å². The second kappa shape index (κ2) is 10.0. The summed E-state index contributed by atoms with van der Waals surface area (Å²) in [6.45, 7) is 11.5. The van der Waals surface area contributed by atoms with E-state index in [2.05, 4.69) is 43.3 Å². The van der Waals surface area contributed by atoms with E-state index in [1.807, 2.05) is 6.92 Å². The first-order valence-electron chi connectivity index (χ1n) is 9.77. The molecule has 26 heavy (non-hydrogen) atoms. The molecule has 0 aromatic rings. The SMILES string of the molecule is CCN=C(NC1CCCC(S(=O)CC)C1)NC1CC(C)(OC)C1(C)C.I. The lowest BCUT2D eigenvalue weighted by Gasteiger charge is -2.59. The molecule has 0 saturated heterocycles. The van der Waals surface area contributed by atoms with Crippen LogP contribution in [0.25, 0.3) is 0 Å². The molecule has 0 radical (unpaired) electrons. The number of aliphatic imine (C=N–C) groups is 1. The number of guanidine groups is 1. The molecule has 154 valence electrons. The van der Waals surface area contributed by atoms with E-state index < -0.39 is 10.8 Å². The predicted molar refractivity (Wildman–Crippen MR) is 122 cm³/mol. The van der Waals surface area contributed by atoms with Crippen molar-refractivity contribution in [2.75, 3.05) is 19.4 Å². The lowest BCUT2D eigenvalue weighted by atomic mass is 9.56. The van der Waals surface area contributed by atoms with E-state index in [1.165, 1.54) is 0 Å². The van der Waals surface area contributed by atoms with Gasteiger partial charge in [-0.1, -0.05) is 27.2 Å². The molecule has 5 atom stereocenters. The molecule has 2 saturated carbocycles. The molecule has 0 aliphatic heterocycles. The van der Waals surface area contributed by atoms with E-state index in [1.54, 1.807) is 7.11 Å². The van der Waals surface area contributed by atoms with Crippen molar-refractivity contribution in [3.63, 3.8) is 0 Å². The summed E-state index contributed by atoms with van der Waals surface area (Å²) in [5.74, 6) is 1.66. The van der Waals surface area contributed by atoms with Crippen molar-refractivity contribution in [3.05, 3.63) is 0 Å². The molecule has 0 bridgehead atoms. The van der Waals surface area contributed by atoms with Gasteiger partial charge < -0.3 is 15.4 Å². The van der Waals surface area contributed by atoms with Crippen LogP contribution in [0.4, 0.5) is 0 Å². The van der Waals surface area contributed by atoms with Crippen LogP contribution in [0, 0.1) is 5.41 Å². The Morgan fingerprint density at radius 2 is 1.92 bits per heavy atom. The summed E-state index contributed by atoms with van der Waals surface area (Å²) in [6.07, 6.45) is 5.33. The highest BCUT2D eigenvalue weighted by atomic mass is 127. The molecule has 2 rings (SSSR count). The molecule has 0 heterocycles. The van der Waals surface area contributed by atoms with Crippen molar-refractivity contribution in [2.24, 2.45) is 10.4 Å². The Kier molecular flexibility index (Phi) is 9.33. The first-order valence-corrected chi connectivity index (χ1v) is 11.2. The van der Waals surface area contributed by atoms with E-state index in [-0.39, 0.29) is 35.0 Å². The Labute approximate surface area is 179 Å². The molecule has 5 unspecified atom stereocenters. The molecule has 7 heteroatoms. The Bertz CT molecular complexity index is 515. The second-order valence-corrected chi connectivity index (χ2v) is 10.2. The van der Waals surface area contributed by atoms with E-state index in [9.17, 15) is 4.21 Å². The minimum absolute atomic E-state index is 0. The number of halogens is 1. The van der Waals surface area contributed by atoms with Gasteiger partial charge in [-0.2, -0.15) is 0 Å². The van der Waals surface area contributed by atoms with Gasteiger partial charge in [0.15, 0.2) is 5.96 Å². The normalized spacial score (nSPS) is 35.0. The average Bonchev–Trinajstić information content (AvgIpc) is 2.60. The Morgan fingerprint density at radius 3 is 2.46 bits per heavy atom. The fourth-order valence-electron chi connectivity index (χ4n) is 4.12. The van der Waals surface area contributed by atoms with Crippen molar-refractivity contribution in [2.45, 2.75) is 89.7 Å². The van der Waals surface area contributed by atoms with Gasteiger partial charge in [-0.3, -0.25) is 9.20 Å². The Balaban J connectivity index is 0.00000338. The number of hydrogen-bond donors (Lipinski definition) is 2. The van der Waals surface area contributed by atoms with Gasteiger partial charge in [0.1, 0.15) is 0 Å². The van der Waals surface area contributed by atoms with Gasteiger partial charge in [0, 0.05) is 53.0 Å². The van der Waals surface area contributed by atoms with Crippen LogP contribution in [0.1, 0.15) is 66.7 Å². The third kappa shape index (κ3) is 5.13. The quantitative estimate of drug-likeness (QED) is 0.334. The van der Waals surface area contributed by atoms with E-state index in [0.717, 1.165) is 50.4 Å². The fraction of sp³-hybridized carbons (Fsp3) is 0.947. The van der Waals surface area contributed by atoms with Crippen molar-refractivity contribution < 1.29 is 8.95 Å². The zero-order valence-electron chi connectivity index (χ0n) is 17.3. The summed E-state index contributed by atoms with van der Waals surface area (Å²) in [5, 5.41) is 7.56. The highest BCUT2D eigenvalue weighted by molar-refractivity contribution is 14.0. The number of ether oxygens (including phenoxy) is 1. The van der Waals surface area contributed by atoms with Crippen molar-refractivity contribution >= 4 is 40.7 Å². The number of nitrogens with one attached hydrogen (secondary N) is 2. The first kappa shape index (κ1) is 24.1. The van der Waals surface area contributed by atoms with Crippen LogP contribution in [0.2, 0.25) is 0 Å². The maximum atomic E-state index is 12.2. The smallest absolute Gasteiger partial charge is 0.191 e. The summed E-state index contributed by atoms with van der Waals surface area (Å²) in [6, 6.07) is 0.712. The van der Waals surface area contributed by atoms with E-state index >= 15 is 0 Å². The van der Waals surface area contributed by atoms with Crippen LogP contribution < -0.4 is 10.6 Å². The van der Waals surface area contributed by atoms with Gasteiger partial charge in [-0.25, -0.2) is 0 Å². The molecule has 0 spiro atoms. The predicted octanol–water partition coefficient (Wildman–Crippen LogP) is 3.44. The van der Waals surface area contributed by atoms with E-state index in [4.69, 9.17) is 4.74 Å². The zero-order valence-corrected chi connectivity index (χ0v) is 20.4. The van der Waals surface area contributed by atoms with Gasteiger partial charge in [-0.15, -0.1) is 24.0 Å². The molecule has 2 aliphatic carbocycles.